The lowest BCUT2D eigenvalue weighted by atomic mass is 10.0. The first-order chi connectivity index (χ1) is 13.7. The third-order valence-electron chi connectivity index (χ3n) is 5.27. The number of hydrogen-bond donors (Lipinski definition) is 0. The predicted octanol–water partition coefficient (Wildman–Crippen LogP) is 8.30. The first-order valence-corrected chi connectivity index (χ1v) is 12.0. The molecule has 0 heterocycles. The average Bonchev–Trinajstić information content (AvgIpc) is 2.69. The smallest absolute Gasteiger partial charge is 0.310 e. The largest absolute Gasteiger partial charge is 0.465 e. The second-order valence-corrected chi connectivity index (χ2v) is 8.41. The van der Waals surface area contributed by atoms with Gasteiger partial charge in [0.05, 0.1) is 13.0 Å². The normalized spacial score (nSPS) is 10.9. The van der Waals surface area contributed by atoms with Crippen LogP contribution in [0, 0.1) is 0 Å². The average molecular weight is 409 g/mol. The summed E-state index contributed by atoms with van der Waals surface area (Å²) < 4.78 is 5.32. The van der Waals surface area contributed by atoms with E-state index in [-0.39, 0.29) is 5.97 Å². The van der Waals surface area contributed by atoms with Gasteiger partial charge in [0.25, 0.3) is 0 Å². The molecule has 0 aliphatic rings. The Morgan fingerprint density at radius 2 is 1.14 bits per heavy atom. The zero-order valence-corrected chi connectivity index (χ0v) is 18.8. The van der Waals surface area contributed by atoms with Crippen molar-refractivity contribution >= 4 is 17.6 Å². The highest BCUT2D eigenvalue weighted by Crippen LogP contribution is 2.14. The Morgan fingerprint density at radius 1 is 0.714 bits per heavy atom. The number of ether oxygens (including phenoxy) is 1. The molecule has 0 spiro atoms. The standard InChI is InChI=1S/C25H41ClO2/c1-2-3-4-5-6-7-8-9-10-11-12-13-14-15-16-21-28-25(27)22-23-17-19-24(26)20-18-23/h17-20H,2-16,21-22H2,1H3. The Hall–Kier alpha value is -1.02. The van der Waals surface area contributed by atoms with Gasteiger partial charge in [0.1, 0.15) is 0 Å². The van der Waals surface area contributed by atoms with E-state index in [1.165, 1.54) is 83.5 Å². The Labute approximate surface area is 178 Å². The van der Waals surface area contributed by atoms with E-state index in [0.717, 1.165) is 18.4 Å². The molecule has 2 nitrogen and oxygen atoms in total. The molecule has 1 aromatic carbocycles. The van der Waals surface area contributed by atoms with E-state index in [9.17, 15) is 4.79 Å². The van der Waals surface area contributed by atoms with Crippen molar-refractivity contribution in [2.45, 2.75) is 110 Å². The molecule has 3 heteroatoms. The maximum absolute atomic E-state index is 11.8. The molecule has 0 fully saturated rings. The molecule has 0 aromatic heterocycles. The third kappa shape index (κ3) is 15.0. The molecule has 0 aliphatic heterocycles. The molecule has 0 N–H and O–H groups in total. The van der Waals surface area contributed by atoms with E-state index in [1.54, 1.807) is 12.1 Å². The van der Waals surface area contributed by atoms with Gasteiger partial charge in [-0.05, 0) is 24.1 Å². The van der Waals surface area contributed by atoms with E-state index in [4.69, 9.17) is 16.3 Å². The van der Waals surface area contributed by atoms with Crippen LogP contribution < -0.4 is 0 Å². The molecule has 0 bridgehead atoms. The third-order valence-corrected chi connectivity index (χ3v) is 5.52. The van der Waals surface area contributed by atoms with Crippen LogP contribution in [0.15, 0.2) is 24.3 Å². The topological polar surface area (TPSA) is 26.3 Å². The van der Waals surface area contributed by atoms with Crippen molar-refractivity contribution in [2.24, 2.45) is 0 Å². The van der Waals surface area contributed by atoms with Crippen LogP contribution in [0.4, 0.5) is 0 Å². The van der Waals surface area contributed by atoms with Crippen molar-refractivity contribution in [1.29, 1.82) is 0 Å². The van der Waals surface area contributed by atoms with Crippen molar-refractivity contribution in [2.75, 3.05) is 6.61 Å². The molecule has 28 heavy (non-hydrogen) atoms. The summed E-state index contributed by atoms with van der Waals surface area (Å²) in [7, 11) is 0. The van der Waals surface area contributed by atoms with Gasteiger partial charge in [-0.15, -0.1) is 0 Å². The molecule has 0 atom stereocenters. The zero-order valence-electron chi connectivity index (χ0n) is 18.0. The summed E-state index contributed by atoms with van der Waals surface area (Å²) in [5.41, 5.74) is 0.950. The summed E-state index contributed by atoms with van der Waals surface area (Å²) in [6, 6.07) is 7.35. The summed E-state index contributed by atoms with van der Waals surface area (Å²) in [5, 5.41) is 0.690. The highest BCUT2D eigenvalue weighted by Gasteiger charge is 2.04. The Bertz CT molecular complexity index is 484. The van der Waals surface area contributed by atoms with Gasteiger partial charge in [-0.3, -0.25) is 4.79 Å². The summed E-state index contributed by atoms with van der Waals surface area (Å²) in [4.78, 5) is 11.8. The van der Waals surface area contributed by atoms with Crippen LogP contribution >= 0.6 is 11.6 Å². The van der Waals surface area contributed by atoms with Gasteiger partial charge < -0.3 is 4.74 Å². The number of rotatable bonds is 18. The number of carbonyl (C=O) groups excluding carboxylic acids is 1. The van der Waals surface area contributed by atoms with Crippen LogP contribution in [-0.2, 0) is 16.0 Å². The highest BCUT2D eigenvalue weighted by molar-refractivity contribution is 6.30. The van der Waals surface area contributed by atoms with Gasteiger partial charge in [0, 0.05) is 5.02 Å². The molecular weight excluding hydrogens is 368 g/mol. The van der Waals surface area contributed by atoms with Gasteiger partial charge in [-0.1, -0.05) is 121 Å². The van der Waals surface area contributed by atoms with Gasteiger partial charge in [0.15, 0.2) is 0 Å². The van der Waals surface area contributed by atoms with Crippen molar-refractivity contribution in [3.8, 4) is 0 Å². The lowest BCUT2D eigenvalue weighted by molar-refractivity contribution is -0.142. The second kappa shape index (κ2) is 18.0. The lowest BCUT2D eigenvalue weighted by Crippen LogP contribution is -2.09. The van der Waals surface area contributed by atoms with Crippen molar-refractivity contribution in [1.82, 2.24) is 0 Å². The van der Waals surface area contributed by atoms with Crippen molar-refractivity contribution in [3.05, 3.63) is 34.9 Å². The SMILES string of the molecule is CCCCCCCCCCCCCCCCCOC(=O)Cc1ccc(Cl)cc1. The minimum Gasteiger partial charge on any atom is -0.465 e. The monoisotopic (exact) mass is 408 g/mol. The Balaban J connectivity index is 1.79. The summed E-state index contributed by atoms with van der Waals surface area (Å²) in [6.07, 6.45) is 20.5. The molecule has 0 radical (unpaired) electrons. The second-order valence-electron chi connectivity index (χ2n) is 7.97. The quantitative estimate of drug-likeness (QED) is 0.180. The number of benzene rings is 1. The Kier molecular flexibility index (Phi) is 16.1. The first-order valence-electron chi connectivity index (χ1n) is 11.6. The molecule has 0 amide bonds. The molecule has 0 aliphatic carbocycles. The van der Waals surface area contributed by atoms with E-state index >= 15 is 0 Å². The van der Waals surface area contributed by atoms with Crippen LogP contribution in [0.5, 0.6) is 0 Å². The van der Waals surface area contributed by atoms with Gasteiger partial charge >= 0.3 is 5.97 Å². The molecule has 1 aromatic rings. The number of hydrogen-bond acceptors (Lipinski definition) is 2. The Morgan fingerprint density at radius 3 is 1.61 bits per heavy atom. The number of unbranched alkanes of at least 4 members (excludes halogenated alkanes) is 14. The van der Waals surface area contributed by atoms with Crippen LogP contribution in [0.1, 0.15) is 109 Å². The lowest BCUT2D eigenvalue weighted by Gasteiger charge is -2.06. The minimum atomic E-state index is -0.146. The maximum atomic E-state index is 11.8. The molecule has 0 saturated carbocycles. The van der Waals surface area contributed by atoms with E-state index < -0.39 is 0 Å². The minimum absolute atomic E-state index is 0.146. The maximum Gasteiger partial charge on any atom is 0.310 e. The van der Waals surface area contributed by atoms with Crippen LogP contribution in [0.3, 0.4) is 0 Å². The predicted molar refractivity (Wildman–Crippen MR) is 121 cm³/mol. The number of carbonyl (C=O) groups is 1. The summed E-state index contributed by atoms with van der Waals surface area (Å²) in [6.45, 7) is 2.82. The van der Waals surface area contributed by atoms with Crippen LogP contribution in [0.25, 0.3) is 0 Å². The van der Waals surface area contributed by atoms with Gasteiger partial charge in [-0.25, -0.2) is 0 Å². The van der Waals surface area contributed by atoms with Crippen LogP contribution in [-0.4, -0.2) is 12.6 Å². The fourth-order valence-electron chi connectivity index (χ4n) is 3.48. The van der Waals surface area contributed by atoms with E-state index in [1.807, 2.05) is 12.1 Å². The number of halogens is 1. The first kappa shape index (κ1) is 25.0. The summed E-state index contributed by atoms with van der Waals surface area (Å²) in [5.74, 6) is -0.146. The van der Waals surface area contributed by atoms with Gasteiger partial charge in [0.2, 0.25) is 0 Å². The summed E-state index contributed by atoms with van der Waals surface area (Å²) >= 11 is 5.84. The molecule has 160 valence electrons. The molecule has 0 unspecified atom stereocenters. The van der Waals surface area contributed by atoms with Crippen molar-refractivity contribution < 1.29 is 9.53 Å². The molecular formula is C25H41ClO2. The molecule has 0 saturated heterocycles. The fraction of sp³-hybridized carbons (Fsp3) is 0.720. The number of esters is 1. The van der Waals surface area contributed by atoms with E-state index in [2.05, 4.69) is 6.92 Å². The van der Waals surface area contributed by atoms with Crippen LogP contribution in [0.2, 0.25) is 5.02 Å². The van der Waals surface area contributed by atoms with Gasteiger partial charge in [-0.2, -0.15) is 0 Å². The van der Waals surface area contributed by atoms with Crippen molar-refractivity contribution in [3.63, 3.8) is 0 Å². The van der Waals surface area contributed by atoms with E-state index in [0.29, 0.717) is 18.1 Å². The fourth-order valence-corrected chi connectivity index (χ4v) is 3.61. The highest BCUT2D eigenvalue weighted by atomic mass is 35.5. The molecule has 1 rings (SSSR count). The zero-order chi connectivity index (χ0) is 20.3.